The molecule has 2 aromatic rings. The first-order chi connectivity index (χ1) is 13.8. The molecule has 0 saturated heterocycles. The van der Waals surface area contributed by atoms with E-state index in [-0.39, 0.29) is 24.5 Å². The summed E-state index contributed by atoms with van der Waals surface area (Å²) in [6.07, 6.45) is -2.33. The summed E-state index contributed by atoms with van der Waals surface area (Å²) in [6.45, 7) is 3.80. The molecule has 0 aromatic carbocycles. The lowest BCUT2D eigenvalue weighted by molar-refractivity contribution is -0.352. The number of aryl methyl sites for hydroxylation is 1. The molecule has 11 heteroatoms. The van der Waals surface area contributed by atoms with Gasteiger partial charge in [-0.3, -0.25) is 9.53 Å². The Balaban J connectivity index is 1.20. The van der Waals surface area contributed by atoms with Crippen molar-refractivity contribution < 1.29 is 31.6 Å². The second-order valence-electron chi connectivity index (χ2n) is 7.33. The van der Waals surface area contributed by atoms with Gasteiger partial charge in [-0.1, -0.05) is 11.7 Å². The molecule has 0 atom stereocenters. The maximum Gasteiger partial charge on any atom is 0.522 e. The Bertz CT molecular complexity index is 897. The van der Waals surface area contributed by atoms with Gasteiger partial charge in [-0.25, -0.2) is 0 Å². The molecule has 8 nitrogen and oxygen atoms in total. The molecule has 156 valence electrons. The van der Waals surface area contributed by atoms with Crippen LogP contribution >= 0.6 is 0 Å². The molecular weight excluding hydrogens is 393 g/mol. The zero-order chi connectivity index (χ0) is 20.6. The fraction of sp³-hybridized carbons (Fsp3) is 0.556. The van der Waals surface area contributed by atoms with Gasteiger partial charge in [0.05, 0.1) is 6.10 Å². The van der Waals surface area contributed by atoms with Crippen molar-refractivity contribution in [3.8, 4) is 0 Å². The Hall–Kier alpha value is -2.69. The lowest BCUT2D eigenvalue weighted by Gasteiger charge is -2.32. The zero-order valence-corrected chi connectivity index (χ0v) is 15.4. The molecular formula is C18H19F3N4O4. The Morgan fingerprint density at radius 3 is 2.72 bits per heavy atom. The molecule has 1 amide bonds. The summed E-state index contributed by atoms with van der Waals surface area (Å²) in [5.74, 6) is 1.07. The molecule has 29 heavy (non-hydrogen) atoms. The van der Waals surface area contributed by atoms with Crippen molar-refractivity contribution in [2.75, 3.05) is 0 Å². The van der Waals surface area contributed by atoms with E-state index in [9.17, 15) is 18.0 Å². The molecule has 1 N–H and O–H groups in total. The normalized spacial score (nSPS) is 21.6. The smallest absolute Gasteiger partial charge is 0.425 e. The predicted octanol–water partition coefficient (Wildman–Crippen LogP) is 3.59. The fourth-order valence-corrected chi connectivity index (χ4v) is 3.09. The first-order valence-electron chi connectivity index (χ1n) is 9.29. The van der Waals surface area contributed by atoms with Gasteiger partial charge in [-0.05, 0) is 32.1 Å². The average Bonchev–Trinajstić information content (AvgIpc) is 3.16. The first kappa shape index (κ1) is 19.6. The molecule has 2 aliphatic carbocycles. The second kappa shape index (κ2) is 7.62. The van der Waals surface area contributed by atoms with Gasteiger partial charge in [0.1, 0.15) is 5.76 Å². The topological polar surface area (TPSA) is 103 Å². The third-order valence-corrected chi connectivity index (χ3v) is 4.90. The molecule has 2 saturated carbocycles. The Morgan fingerprint density at radius 1 is 1.28 bits per heavy atom. The highest BCUT2D eigenvalue weighted by molar-refractivity contribution is 5.93. The number of aromatic nitrogens is 3. The minimum Gasteiger partial charge on any atom is -0.425 e. The summed E-state index contributed by atoms with van der Waals surface area (Å²) in [7, 11) is 0. The average molecular weight is 412 g/mol. The molecule has 0 aliphatic heterocycles. The van der Waals surface area contributed by atoms with Gasteiger partial charge in [0.15, 0.2) is 5.69 Å². The standard InChI is InChI=1S/C18H19F3N4O4/c1-9(22-16(26)13-8-14(29-25-13)10-3-4-10)2-5-15-23-24-17(27-15)11-6-12(7-11)28-18(19,20)21/h8,10-12H,1-7H2,(H,22,26). The molecule has 0 spiro atoms. The van der Waals surface area contributed by atoms with E-state index in [1.54, 1.807) is 6.07 Å². The van der Waals surface area contributed by atoms with Gasteiger partial charge in [0.2, 0.25) is 11.8 Å². The molecule has 2 fully saturated rings. The number of ether oxygens (including phenoxy) is 1. The van der Waals surface area contributed by atoms with Crippen molar-refractivity contribution in [3.05, 3.63) is 41.6 Å². The van der Waals surface area contributed by atoms with E-state index in [0.717, 1.165) is 18.6 Å². The van der Waals surface area contributed by atoms with Crippen LogP contribution in [0.3, 0.4) is 0 Å². The maximum atomic E-state index is 12.2. The molecule has 0 bridgehead atoms. The summed E-state index contributed by atoms with van der Waals surface area (Å²) in [6, 6.07) is 1.64. The third kappa shape index (κ3) is 5.03. The van der Waals surface area contributed by atoms with E-state index in [1.807, 2.05) is 0 Å². The summed E-state index contributed by atoms with van der Waals surface area (Å²) < 4.78 is 51.1. The fourth-order valence-electron chi connectivity index (χ4n) is 3.09. The van der Waals surface area contributed by atoms with Gasteiger partial charge in [0.25, 0.3) is 5.91 Å². The van der Waals surface area contributed by atoms with Crippen LogP contribution in [0.1, 0.15) is 72.0 Å². The first-order valence-corrected chi connectivity index (χ1v) is 9.29. The summed E-state index contributed by atoms with van der Waals surface area (Å²) in [4.78, 5) is 12.2. The van der Waals surface area contributed by atoms with E-state index < -0.39 is 18.4 Å². The van der Waals surface area contributed by atoms with Crippen molar-refractivity contribution in [2.24, 2.45) is 0 Å². The number of halogens is 3. The molecule has 2 heterocycles. The van der Waals surface area contributed by atoms with Crippen LogP contribution in [0.2, 0.25) is 0 Å². The van der Waals surface area contributed by atoms with Crippen molar-refractivity contribution in [1.29, 1.82) is 0 Å². The zero-order valence-electron chi connectivity index (χ0n) is 15.4. The van der Waals surface area contributed by atoms with Gasteiger partial charge < -0.3 is 14.3 Å². The predicted molar refractivity (Wildman–Crippen MR) is 90.6 cm³/mol. The number of allylic oxidation sites excluding steroid dienone is 1. The third-order valence-electron chi connectivity index (χ3n) is 4.90. The number of hydrogen-bond acceptors (Lipinski definition) is 7. The van der Waals surface area contributed by atoms with Gasteiger partial charge in [-0.2, -0.15) is 0 Å². The minimum atomic E-state index is -4.63. The number of carbonyl (C=O) groups excluding carboxylic acids is 1. The molecule has 0 radical (unpaired) electrons. The molecule has 0 unspecified atom stereocenters. The summed E-state index contributed by atoms with van der Waals surface area (Å²) >= 11 is 0. The maximum absolute atomic E-state index is 12.2. The lowest BCUT2D eigenvalue weighted by Crippen LogP contribution is -2.34. The number of amides is 1. The minimum absolute atomic E-state index is 0.185. The van der Waals surface area contributed by atoms with Crippen LogP contribution in [-0.4, -0.2) is 33.7 Å². The SMILES string of the molecule is C=C(CCc1nnc(C2CC(OC(F)(F)F)C2)o1)NC(=O)c1cc(C2CC2)on1. The number of rotatable bonds is 8. The second-order valence-corrected chi connectivity index (χ2v) is 7.33. The number of nitrogens with one attached hydrogen (secondary N) is 1. The highest BCUT2D eigenvalue weighted by Gasteiger charge is 2.42. The van der Waals surface area contributed by atoms with Crippen LogP contribution < -0.4 is 5.32 Å². The van der Waals surface area contributed by atoms with E-state index >= 15 is 0 Å². The van der Waals surface area contributed by atoms with Crippen molar-refractivity contribution in [3.63, 3.8) is 0 Å². The van der Waals surface area contributed by atoms with E-state index in [4.69, 9.17) is 8.94 Å². The highest BCUT2D eigenvalue weighted by Crippen LogP contribution is 2.41. The molecule has 2 aromatic heterocycles. The number of hydrogen-bond donors (Lipinski definition) is 1. The lowest BCUT2D eigenvalue weighted by atomic mass is 9.82. The Kier molecular flexibility index (Phi) is 5.15. The summed E-state index contributed by atoms with van der Waals surface area (Å²) in [5.41, 5.74) is 0.654. The van der Waals surface area contributed by atoms with Crippen LogP contribution in [-0.2, 0) is 11.2 Å². The van der Waals surface area contributed by atoms with E-state index in [1.165, 1.54) is 0 Å². The van der Waals surface area contributed by atoms with Crippen molar-refractivity contribution in [1.82, 2.24) is 20.7 Å². The largest absolute Gasteiger partial charge is 0.522 e. The molecule has 2 aliphatic rings. The Morgan fingerprint density at radius 2 is 2.03 bits per heavy atom. The highest BCUT2D eigenvalue weighted by atomic mass is 19.4. The van der Waals surface area contributed by atoms with Gasteiger partial charge in [0, 0.05) is 30.0 Å². The van der Waals surface area contributed by atoms with Crippen LogP contribution in [0.25, 0.3) is 0 Å². The van der Waals surface area contributed by atoms with Crippen molar-refractivity contribution >= 4 is 5.91 Å². The van der Waals surface area contributed by atoms with Crippen LogP contribution in [0.15, 0.2) is 27.3 Å². The van der Waals surface area contributed by atoms with Crippen molar-refractivity contribution in [2.45, 2.75) is 62.8 Å². The van der Waals surface area contributed by atoms with Crippen LogP contribution in [0.5, 0.6) is 0 Å². The van der Waals surface area contributed by atoms with Crippen LogP contribution in [0.4, 0.5) is 13.2 Å². The quantitative estimate of drug-likeness (QED) is 0.707. The van der Waals surface area contributed by atoms with E-state index in [2.05, 4.69) is 32.0 Å². The Labute approximate surface area is 163 Å². The number of nitrogens with zero attached hydrogens (tertiary/aromatic N) is 3. The monoisotopic (exact) mass is 412 g/mol. The van der Waals surface area contributed by atoms with Gasteiger partial charge in [-0.15, -0.1) is 23.4 Å². The summed E-state index contributed by atoms with van der Waals surface area (Å²) in [5, 5.41) is 14.2. The number of carbonyl (C=O) groups is 1. The van der Waals surface area contributed by atoms with Crippen LogP contribution in [0, 0.1) is 0 Å². The molecule has 4 rings (SSSR count). The number of alkyl halides is 3. The van der Waals surface area contributed by atoms with Gasteiger partial charge >= 0.3 is 6.36 Å². The van der Waals surface area contributed by atoms with E-state index in [0.29, 0.717) is 36.2 Å².